The summed E-state index contributed by atoms with van der Waals surface area (Å²) in [5.74, 6) is -1.21. The summed E-state index contributed by atoms with van der Waals surface area (Å²) in [6.07, 6.45) is 1.74. The van der Waals surface area contributed by atoms with Gasteiger partial charge in [0, 0.05) is 18.3 Å². The Morgan fingerprint density at radius 3 is 2.44 bits per heavy atom. The minimum atomic E-state index is -0.833. The molecule has 0 atom stereocenters. The number of ether oxygens (including phenoxy) is 1. The fourth-order valence-corrected chi connectivity index (χ4v) is 2.30. The number of nitrogens with two attached hydrogens (primary N) is 1. The second-order valence-electron chi connectivity index (χ2n) is 3.03. The molecular weight excluding hydrogens is 322 g/mol. The van der Waals surface area contributed by atoms with Crippen LogP contribution < -0.4 is 5.73 Å². The van der Waals surface area contributed by atoms with Crippen LogP contribution in [0.15, 0.2) is 21.5 Å². The minimum Gasteiger partial charge on any atom is -0.481 e. The second-order valence-corrected chi connectivity index (χ2v) is 5.52. The zero-order valence-corrected chi connectivity index (χ0v) is 12.4. The van der Waals surface area contributed by atoms with E-state index in [4.69, 9.17) is 15.6 Å². The van der Waals surface area contributed by atoms with Gasteiger partial charge in [-0.05, 0) is 34.1 Å². The smallest absolute Gasteiger partial charge is 0.335 e. The Morgan fingerprint density at radius 1 is 1.56 bits per heavy atom. The van der Waals surface area contributed by atoms with Crippen LogP contribution in [0.2, 0.25) is 0 Å². The highest BCUT2D eigenvalue weighted by Crippen LogP contribution is 2.24. The van der Waals surface area contributed by atoms with Crippen molar-refractivity contribution in [1.82, 2.24) is 0 Å². The van der Waals surface area contributed by atoms with Gasteiger partial charge in [0.1, 0.15) is 0 Å². The number of methoxy groups -OCH3 is 1. The molecule has 0 amide bonds. The Bertz CT molecular complexity index is 438. The van der Waals surface area contributed by atoms with Crippen molar-refractivity contribution < 1.29 is 19.4 Å². The van der Waals surface area contributed by atoms with Gasteiger partial charge in [0.25, 0.3) is 5.97 Å². The molecule has 0 saturated heterocycles. The highest BCUT2D eigenvalue weighted by Gasteiger charge is 2.07. The van der Waals surface area contributed by atoms with Crippen LogP contribution in [-0.2, 0) is 14.3 Å². The molecule has 5 nitrogen and oxygen atoms in total. The number of esters is 1. The molecule has 0 aliphatic rings. The molecule has 0 bridgehead atoms. The molecule has 18 heavy (non-hydrogen) atoms. The molecule has 1 rings (SSSR count). The third-order valence-corrected chi connectivity index (χ3v) is 3.15. The molecule has 7 heteroatoms. The van der Waals surface area contributed by atoms with E-state index in [9.17, 15) is 4.79 Å². The highest BCUT2D eigenvalue weighted by molar-refractivity contribution is 9.11. The molecule has 3 N–H and O–H groups in total. The summed E-state index contributed by atoms with van der Waals surface area (Å²) < 4.78 is 5.61. The van der Waals surface area contributed by atoms with Crippen molar-refractivity contribution in [3.8, 4) is 0 Å². The topological polar surface area (TPSA) is 89.6 Å². The third kappa shape index (κ3) is 7.21. The number of carboxylic acid groups (broad SMARTS) is 1. The van der Waals surface area contributed by atoms with Crippen LogP contribution in [0.25, 0.3) is 6.08 Å². The van der Waals surface area contributed by atoms with Crippen molar-refractivity contribution in [3.05, 3.63) is 26.4 Å². The molecule has 0 radical (unpaired) electrons. The van der Waals surface area contributed by atoms with Crippen LogP contribution >= 0.6 is 27.3 Å². The SMILES string of the molecule is CC(=O)O.COC(=O)/C(=C/c1ccc(Br)s1)CN. The zero-order chi connectivity index (χ0) is 14.1. The third-order valence-electron chi connectivity index (χ3n) is 1.58. The Balaban J connectivity index is 0.000000631. The fraction of sp³-hybridized carbons (Fsp3) is 0.273. The van der Waals surface area contributed by atoms with E-state index in [0.717, 1.165) is 15.6 Å². The van der Waals surface area contributed by atoms with Crippen LogP contribution in [0.4, 0.5) is 0 Å². The number of hydrogen-bond donors (Lipinski definition) is 2. The van der Waals surface area contributed by atoms with Gasteiger partial charge in [-0.15, -0.1) is 11.3 Å². The maximum atomic E-state index is 11.2. The molecule has 0 unspecified atom stereocenters. The summed E-state index contributed by atoms with van der Waals surface area (Å²) in [5.41, 5.74) is 5.90. The summed E-state index contributed by atoms with van der Waals surface area (Å²) in [4.78, 5) is 21.2. The van der Waals surface area contributed by atoms with Crippen molar-refractivity contribution in [3.63, 3.8) is 0 Å². The van der Waals surface area contributed by atoms with Gasteiger partial charge in [0.2, 0.25) is 0 Å². The number of hydrogen-bond acceptors (Lipinski definition) is 5. The average Bonchev–Trinajstić information content (AvgIpc) is 2.70. The maximum absolute atomic E-state index is 11.2. The predicted octanol–water partition coefficient (Wildman–Crippen LogP) is 2.12. The Kier molecular flexibility index (Phi) is 8.27. The van der Waals surface area contributed by atoms with Crippen molar-refractivity contribution in [2.45, 2.75) is 6.92 Å². The first-order valence-corrected chi connectivity index (χ1v) is 6.45. The number of thiophene rings is 1. The van der Waals surface area contributed by atoms with E-state index in [-0.39, 0.29) is 12.5 Å². The number of carbonyl (C=O) groups is 2. The van der Waals surface area contributed by atoms with Gasteiger partial charge < -0.3 is 15.6 Å². The standard InChI is InChI=1S/C9H10BrNO2S.C2H4O2/c1-13-9(12)6(5-11)4-7-2-3-8(10)14-7;1-2(3)4/h2-4H,5,11H2,1H3;1H3,(H,3,4)/b6-4+;. The van der Waals surface area contributed by atoms with E-state index in [1.165, 1.54) is 18.4 Å². The fourth-order valence-electron chi connectivity index (χ4n) is 0.910. The summed E-state index contributed by atoms with van der Waals surface area (Å²) in [5, 5.41) is 7.42. The first-order chi connectivity index (χ1) is 8.40. The molecule has 1 heterocycles. The lowest BCUT2D eigenvalue weighted by Gasteiger charge is -2.00. The van der Waals surface area contributed by atoms with Crippen LogP contribution in [0, 0.1) is 0 Å². The maximum Gasteiger partial charge on any atom is 0.335 e. The van der Waals surface area contributed by atoms with E-state index in [1.807, 2.05) is 12.1 Å². The Morgan fingerprint density at radius 2 is 2.11 bits per heavy atom. The van der Waals surface area contributed by atoms with Crippen LogP contribution in [0.5, 0.6) is 0 Å². The second kappa shape index (κ2) is 8.84. The van der Waals surface area contributed by atoms with Gasteiger partial charge in [-0.25, -0.2) is 4.79 Å². The van der Waals surface area contributed by atoms with Crippen molar-refractivity contribution >= 4 is 45.3 Å². The van der Waals surface area contributed by atoms with E-state index < -0.39 is 5.97 Å². The molecule has 100 valence electrons. The lowest BCUT2D eigenvalue weighted by atomic mass is 10.2. The molecule has 0 spiro atoms. The quantitative estimate of drug-likeness (QED) is 0.652. The number of carbonyl (C=O) groups excluding carboxylic acids is 1. The van der Waals surface area contributed by atoms with Gasteiger partial charge >= 0.3 is 5.97 Å². The molecule has 0 aromatic carbocycles. The Hall–Kier alpha value is -1.18. The van der Waals surface area contributed by atoms with Crippen molar-refractivity contribution in [1.29, 1.82) is 0 Å². The van der Waals surface area contributed by atoms with E-state index in [2.05, 4.69) is 20.7 Å². The number of aliphatic carboxylic acids is 1. The van der Waals surface area contributed by atoms with Crippen LogP contribution in [0.3, 0.4) is 0 Å². The minimum absolute atomic E-state index is 0.183. The van der Waals surface area contributed by atoms with Gasteiger partial charge in [0.05, 0.1) is 16.5 Å². The molecule has 0 aliphatic heterocycles. The van der Waals surface area contributed by atoms with Crippen LogP contribution in [0.1, 0.15) is 11.8 Å². The number of carboxylic acids is 1. The molecule has 1 aromatic rings. The zero-order valence-electron chi connectivity index (χ0n) is 9.97. The van der Waals surface area contributed by atoms with E-state index in [0.29, 0.717) is 5.57 Å². The molecule has 1 aromatic heterocycles. The monoisotopic (exact) mass is 335 g/mol. The van der Waals surface area contributed by atoms with E-state index in [1.54, 1.807) is 6.08 Å². The van der Waals surface area contributed by atoms with Crippen molar-refractivity contribution in [2.75, 3.05) is 13.7 Å². The number of rotatable bonds is 3. The van der Waals surface area contributed by atoms with Gasteiger partial charge in [-0.1, -0.05) is 0 Å². The predicted molar refractivity (Wildman–Crippen MR) is 74.4 cm³/mol. The molecule has 0 fully saturated rings. The summed E-state index contributed by atoms with van der Waals surface area (Å²) >= 11 is 4.88. The van der Waals surface area contributed by atoms with E-state index >= 15 is 0 Å². The highest BCUT2D eigenvalue weighted by atomic mass is 79.9. The lowest BCUT2D eigenvalue weighted by molar-refractivity contribution is -0.136. The van der Waals surface area contributed by atoms with Gasteiger partial charge in [-0.2, -0.15) is 0 Å². The summed E-state index contributed by atoms with van der Waals surface area (Å²) in [6, 6.07) is 3.83. The summed E-state index contributed by atoms with van der Waals surface area (Å²) in [6.45, 7) is 1.27. The van der Waals surface area contributed by atoms with Crippen molar-refractivity contribution in [2.24, 2.45) is 5.73 Å². The Labute approximate surface area is 117 Å². The molecule has 0 saturated carbocycles. The normalized spacial score (nSPS) is 10.3. The van der Waals surface area contributed by atoms with Gasteiger partial charge in [0.15, 0.2) is 0 Å². The number of halogens is 1. The lowest BCUT2D eigenvalue weighted by Crippen LogP contribution is -2.13. The van der Waals surface area contributed by atoms with Crippen LogP contribution in [-0.4, -0.2) is 30.7 Å². The largest absolute Gasteiger partial charge is 0.481 e. The van der Waals surface area contributed by atoms with Gasteiger partial charge in [-0.3, -0.25) is 4.79 Å². The first-order valence-electron chi connectivity index (χ1n) is 4.84. The molecule has 0 aliphatic carbocycles. The summed E-state index contributed by atoms with van der Waals surface area (Å²) in [7, 11) is 1.34. The molecular formula is C11H14BrNO4S. The first kappa shape index (κ1) is 16.8. The average molecular weight is 336 g/mol.